The second-order valence-corrected chi connectivity index (χ2v) is 5.94. The molecule has 0 radical (unpaired) electrons. The average Bonchev–Trinajstić information content (AvgIpc) is 2.90. The molecule has 0 aliphatic carbocycles. The molecule has 0 fully saturated rings. The fourth-order valence-electron chi connectivity index (χ4n) is 2.35. The van der Waals surface area contributed by atoms with Crippen LogP contribution in [0.2, 0.25) is 5.02 Å². The third-order valence-corrected chi connectivity index (χ3v) is 3.92. The van der Waals surface area contributed by atoms with Gasteiger partial charge >= 0.3 is 5.97 Å². The number of carbonyl (C=O) groups excluding carboxylic acids is 1. The summed E-state index contributed by atoms with van der Waals surface area (Å²) in [4.78, 5) is 11.8. The average molecular weight is 375 g/mol. The van der Waals surface area contributed by atoms with Crippen molar-refractivity contribution in [3.63, 3.8) is 0 Å². The van der Waals surface area contributed by atoms with E-state index in [0.717, 1.165) is 17.7 Å². The summed E-state index contributed by atoms with van der Waals surface area (Å²) in [5.74, 6) is 1.53. The summed E-state index contributed by atoms with van der Waals surface area (Å²) in [5.41, 5.74) is 0.832. The van der Waals surface area contributed by atoms with Gasteiger partial charge in [0.25, 0.3) is 0 Å². The van der Waals surface area contributed by atoms with Gasteiger partial charge in [-0.25, -0.2) is 4.79 Å². The molecule has 1 aliphatic rings. The zero-order valence-electron chi connectivity index (χ0n) is 14.2. The predicted octanol–water partition coefficient (Wildman–Crippen LogP) is 4.14. The van der Waals surface area contributed by atoms with Gasteiger partial charge in [0.05, 0.1) is 18.2 Å². The van der Waals surface area contributed by atoms with E-state index in [-0.39, 0.29) is 13.2 Å². The number of para-hydroxylation sites is 1. The molecule has 2 aromatic rings. The lowest BCUT2D eigenvalue weighted by atomic mass is 10.2. The van der Waals surface area contributed by atoms with Crippen molar-refractivity contribution in [2.24, 2.45) is 0 Å². The molecule has 0 atom stereocenters. The van der Waals surface area contributed by atoms with Crippen LogP contribution in [0, 0.1) is 0 Å². The zero-order valence-corrected chi connectivity index (χ0v) is 14.9. The molecule has 0 spiro atoms. The first-order valence-corrected chi connectivity index (χ1v) is 8.72. The van der Waals surface area contributed by atoms with Crippen LogP contribution in [0.5, 0.6) is 17.2 Å². The number of carbonyl (C=O) groups is 1. The molecule has 0 bridgehead atoms. The maximum Gasteiger partial charge on any atom is 0.330 e. The van der Waals surface area contributed by atoms with E-state index >= 15 is 0 Å². The Morgan fingerprint density at radius 1 is 1.08 bits per heavy atom. The van der Waals surface area contributed by atoms with Gasteiger partial charge in [-0.05, 0) is 35.9 Å². The van der Waals surface area contributed by atoms with E-state index in [0.29, 0.717) is 29.7 Å². The first kappa shape index (κ1) is 18.1. The van der Waals surface area contributed by atoms with E-state index in [1.54, 1.807) is 18.2 Å². The number of fused-ring (bicyclic) bond motifs is 1. The number of halogens is 1. The van der Waals surface area contributed by atoms with E-state index in [9.17, 15) is 4.79 Å². The lowest BCUT2D eigenvalue weighted by Crippen LogP contribution is -2.10. The monoisotopic (exact) mass is 374 g/mol. The van der Waals surface area contributed by atoms with E-state index in [1.165, 1.54) is 6.08 Å². The predicted molar refractivity (Wildman–Crippen MR) is 99.0 cm³/mol. The Morgan fingerprint density at radius 2 is 1.88 bits per heavy atom. The molecule has 5 nitrogen and oxygen atoms in total. The summed E-state index contributed by atoms with van der Waals surface area (Å²) >= 11 is 5.98. The Kier molecular flexibility index (Phi) is 6.39. The first-order valence-electron chi connectivity index (χ1n) is 8.34. The number of ether oxygens (including phenoxy) is 4. The Morgan fingerprint density at radius 3 is 2.73 bits per heavy atom. The smallest absolute Gasteiger partial charge is 0.330 e. The van der Waals surface area contributed by atoms with Gasteiger partial charge in [0.2, 0.25) is 0 Å². The van der Waals surface area contributed by atoms with Crippen LogP contribution in [-0.2, 0) is 9.53 Å². The number of rotatable bonds is 6. The molecular formula is C20H19ClO5. The second kappa shape index (κ2) is 9.15. The molecule has 0 N–H and O–H groups in total. The molecule has 2 aromatic carbocycles. The fraction of sp³-hybridized carbons (Fsp3) is 0.250. The van der Waals surface area contributed by atoms with Gasteiger partial charge in [-0.3, -0.25) is 0 Å². The summed E-state index contributed by atoms with van der Waals surface area (Å²) in [6, 6.07) is 12.7. The minimum Gasteiger partial charge on any atom is -0.490 e. The highest BCUT2D eigenvalue weighted by atomic mass is 35.5. The Labute approximate surface area is 157 Å². The standard InChI is InChI=1S/C20H19ClO5/c21-16-4-1-2-5-17(16)25-12-13-26-20(22)9-7-15-6-8-18-19(14-15)24-11-3-10-23-18/h1-2,4-9,14H,3,10-13H2/b9-7+. The van der Waals surface area contributed by atoms with Gasteiger partial charge in [-0.15, -0.1) is 0 Å². The number of hydrogen-bond donors (Lipinski definition) is 0. The Bertz CT molecular complexity index is 788. The molecule has 26 heavy (non-hydrogen) atoms. The van der Waals surface area contributed by atoms with Crippen LogP contribution >= 0.6 is 11.6 Å². The van der Waals surface area contributed by atoms with E-state index in [2.05, 4.69) is 0 Å². The van der Waals surface area contributed by atoms with Gasteiger partial charge < -0.3 is 18.9 Å². The molecule has 0 amide bonds. The molecule has 136 valence electrons. The normalized spacial score (nSPS) is 13.3. The zero-order chi connectivity index (χ0) is 18.2. The number of esters is 1. The highest BCUT2D eigenvalue weighted by molar-refractivity contribution is 6.32. The topological polar surface area (TPSA) is 54.0 Å². The van der Waals surface area contributed by atoms with Crippen LogP contribution in [0.15, 0.2) is 48.5 Å². The summed E-state index contributed by atoms with van der Waals surface area (Å²) < 4.78 is 21.8. The van der Waals surface area contributed by atoms with Crippen LogP contribution in [0.25, 0.3) is 6.08 Å². The van der Waals surface area contributed by atoms with Crippen molar-refractivity contribution in [3.05, 3.63) is 59.1 Å². The summed E-state index contributed by atoms with van der Waals surface area (Å²) in [5, 5.41) is 0.521. The van der Waals surface area contributed by atoms with Gasteiger partial charge in [-0.1, -0.05) is 29.8 Å². The van der Waals surface area contributed by atoms with Crippen molar-refractivity contribution < 1.29 is 23.7 Å². The molecule has 0 saturated heterocycles. The lowest BCUT2D eigenvalue weighted by molar-refractivity contribution is -0.138. The summed E-state index contributed by atoms with van der Waals surface area (Å²) in [7, 11) is 0. The van der Waals surface area contributed by atoms with E-state index in [1.807, 2.05) is 30.3 Å². The third kappa shape index (κ3) is 5.17. The minimum atomic E-state index is -0.445. The molecule has 3 rings (SSSR count). The van der Waals surface area contributed by atoms with Crippen LogP contribution in [0.3, 0.4) is 0 Å². The minimum absolute atomic E-state index is 0.134. The van der Waals surface area contributed by atoms with Crippen LogP contribution in [-0.4, -0.2) is 32.4 Å². The maximum atomic E-state index is 11.8. The maximum absolute atomic E-state index is 11.8. The fourth-order valence-corrected chi connectivity index (χ4v) is 2.54. The van der Waals surface area contributed by atoms with Gasteiger partial charge in [0, 0.05) is 12.5 Å². The summed E-state index contributed by atoms with van der Waals surface area (Å²) in [6.07, 6.45) is 3.89. The van der Waals surface area contributed by atoms with Crippen molar-refractivity contribution in [1.82, 2.24) is 0 Å². The molecule has 1 aliphatic heterocycles. The highest BCUT2D eigenvalue weighted by Gasteiger charge is 2.10. The van der Waals surface area contributed by atoms with E-state index < -0.39 is 5.97 Å². The number of hydrogen-bond acceptors (Lipinski definition) is 5. The van der Waals surface area contributed by atoms with Crippen molar-refractivity contribution in [2.45, 2.75) is 6.42 Å². The van der Waals surface area contributed by atoms with Crippen LogP contribution in [0.1, 0.15) is 12.0 Å². The Balaban J connectivity index is 1.46. The van der Waals surface area contributed by atoms with Crippen molar-refractivity contribution in [1.29, 1.82) is 0 Å². The quantitative estimate of drug-likeness (QED) is 0.432. The molecule has 0 aromatic heterocycles. The second-order valence-electron chi connectivity index (χ2n) is 5.54. The SMILES string of the molecule is O=C(/C=C/c1ccc2c(c1)OCCCO2)OCCOc1ccccc1Cl. The van der Waals surface area contributed by atoms with Gasteiger partial charge in [0.15, 0.2) is 11.5 Å². The third-order valence-electron chi connectivity index (χ3n) is 3.61. The molecule has 0 unspecified atom stereocenters. The molecule has 0 saturated carbocycles. The van der Waals surface area contributed by atoms with Crippen LogP contribution < -0.4 is 14.2 Å². The molecule has 1 heterocycles. The van der Waals surface area contributed by atoms with Gasteiger partial charge in [0.1, 0.15) is 19.0 Å². The lowest BCUT2D eigenvalue weighted by Gasteiger charge is -2.08. The van der Waals surface area contributed by atoms with E-state index in [4.69, 9.17) is 30.5 Å². The first-order chi connectivity index (χ1) is 12.7. The van der Waals surface area contributed by atoms with Gasteiger partial charge in [-0.2, -0.15) is 0 Å². The molecular weight excluding hydrogens is 356 g/mol. The van der Waals surface area contributed by atoms with Crippen molar-refractivity contribution in [2.75, 3.05) is 26.4 Å². The number of benzene rings is 2. The summed E-state index contributed by atoms with van der Waals surface area (Å²) in [6.45, 7) is 1.63. The van der Waals surface area contributed by atoms with Crippen molar-refractivity contribution >= 4 is 23.6 Å². The van der Waals surface area contributed by atoms with Crippen LogP contribution in [0.4, 0.5) is 0 Å². The highest BCUT2D eigenvalue weighted by Crippen LogP contribution is 2.30. The Hall–Kier alpha value is -2.66. The largest absolute Gasteiger partial charge is 0.490 e. The molecule has 6 heteroatoms. The van der Waals surface area contributed by atoms with Crippen molar-refractivity contribution in [3.8, 4) is 17.2 Å².